The van der Waals surface area contributed by atoms with Crippen LogP contribution in [0.5, 0.6) is 0 Å². The van der Waals surface area contributed by atoms with Crippen molar-refractivity contribution in [1.29, 1.82) is 0 Å². The minimum absolute atomic E-state index is 0.710. The summed E-state index contributed by atoms with van der Waals surface area (Å²) >= 11 is 0. The first kappa shape index (κ1) is 31.9. The van der Waals surface area contributed by atoms with E-state index in [1.165, 1.54) is 49.2 Å². The minimum atomic E-state index is 0.710. The van der Waals surface area contributed by atoms with Gasteiger partial charge in [-0.05, 0) is 65.7 Å². The van der Waals surface area contributed by atoms with E-state index in [9.17, 15) is 0 Å². The van der Waals surface area contributed by atoms with Crippen LogP contribution in [0.25, 0.3) is 100 Å². The Kier molecular flexibility index (Phi) is 7.46. The molecule has 8 aromatic carbocycles. The fourth-order valence-electron chi connectivity index (χ4n) is 8.29. The molecule has 3 aromatic heterocycles. The molecule has 0 amide bonds. The first-order valence-electron chi connectivity index (χ1n) is 19.0. The Bertz CT molecular complexity index is 3160. The second-order valence-electron chi connectivity index (χ2n) is 14.2. The van der Waals surface area contributed by atoms with Crippen molar-refractivity contribution in [2.45, 2.75) is 0 Å². The average molecular weight is 715 g/mol. The zero-order valence-corrected chi connectivity index (χ0v) is 30.4. The Hall–Kier alpha value is -7.56. The number of aromatic nitrogens is 4. The van der Waals surface area contributed by atoms with E-state index in [2.05, 4.69) is 191 Å². The molecule has 4 nitrogen and oxygen atoms in total. The van der Waals surface area contributed by atoms with Crippen LogP contribution in [0, 0.1) is 0 Å². The van der Waals surface area contributed by atoms with Crippen molar-refractivity contribution in [3.05, 3.63) is 206 Å². The summed E-state index contributed by atoms with van der Waals surface area (Å²) in [7, 11) is 0. The molecule has 0 spiro atoms. The summed E-state index contributed by atoms with van der Waals surface area (Å²) < 4.78 is 4.83. The highest BCUT2D eigenvalue weighted by molar-refractivity contribution is 6.19. The third kappa shape index (κ3) is 5.31. The van der Waals surface area contributed by atoms with E-state index in [-0.39, 0.29) is 0 Å². The van der Waals surface area contributed by atoms with Crippen LogP contribution < -0.4 is 0 Å². The predicted molar refractivity (Wildman–Crippen MR) is 232 cm³/mol. The van der Waals surface area contributed by atoms with Crippen LogP contribution in [0.4, 0.5) is 0 Å². The van der Waals surface area contributed by atoms with Crippen molar-refractivity contribution >= 4 is 43.6 Å². The number of hydrogen-bond acceptors (Lipinski definition) is 2. The topological polar surface area (TPSA) is 35.6 Å². The molecule has 0 saturated heterocycles. The molecule has 0 saturated carbocycles. The fourth-order valence-corrected chi connectivity index (χ4v) is 8.29. The van der Waals surface area contributed by atoms with Gasteiger partial charge in [-0.15, -0.1) is 0 Å². The van der Waals surface area contributed by atoms with Crippen molar-refractivity contribution in [3.8, 4) is 56.4 Å². The summed E-state index contributed by atoms with van der Waals surface area (Å²) in [6.07, 6.45) is 0. The van der Waals surface area contributed by atoms with Gasteiger partial charge in [-0.25, -0.2) is 9.97 Å². The molecular weight excluding hydrogens is 681 g/mol. The summed E-state index contributed by atoms with van der Waals surface area (Å²) in [5, 5.41) is 4.94. The molecule has 0 fully saturated rings. The van der Waals surface area contributed by atoms with Crippen molar-refractivity contribution in [2.75, 3.05) is 0 Å². The second-order valence-corrected chi connectivity index (χ2v) is 14.2. The summed E-state index contributed by atoms with van der Waals surface area (Å²) in [4.78, 5) is 10.1. The maximum atomic E-state index is 5.09. The van der Waals surface area contributed by atoms with Gasteiger partial charge in [0.05, 0.1) is 33.5 Å². The lowest BCUT2D eigenvalue weighted by atomic mass is 10.1. The number of benzene rings is 8. The Morgan fingerprint density at radius 1 is 0.268 bits per heavy atom. The van der Waals surface area contributed by atoms with Gasteiger partial charge in [-0.2, -0.15) is 0 Å². The quantitative estimate of drug-likeness (QED) is 0.172. The summed E-state index contributed by atoms with van der Waals surface area (Å²) in [5.74, 6) is 0.710. The van der Waals surface area contributed by atoms with E-state index in [4.69, 9.17) is 9.97 Å². The zero-order valence-electron chi connectivity index (χ0n) is 30.4. The van der Waals surface area contributed by atoms with Crippen molar-refractivity contribution in [2.24, 2.45) is 0 Å². The summed E-state index contributed by atoms with van der Waals surface area (Å²) in [6.45, 7) is 0. The molecule has 4 heteroatoms. The molecular formula is C52H34N4. The largest absolute Gasteiger partial charge is 0.309 e. The molecule has 0 unspecified atom stereocenters. The van der Waals surface area contributed by atoms with Gasteiger partial charge in [0, 0.05) is 49.6 Å². The molecule has 0 bridgehead atoms. The Morgan fingerprint density at radius 3 is 1.36 bits per heavy atom. The number of rotatable bonds is 6. The molecule has 0 N–H and O–H groups in total. The van der Waals surface area contributed by atoms with Gasteiger partial charge in [-0.3, -0.25) is 0 Å². The molecule has 0 aliphatic heterocycles. The zero-order chi connectivity index (χ0) is 37.0. The summed E-state index contributed by atoms with van der Waals surface area (Å²) in [6, 6.07) is 73.2. The number of fused-ring (bicyclic) bond motifs is 6. The van der Waals surface area contributed by atoms with Gasteiger partial charge < -0.3 is 9.13 Å². The number of nitrogens with zero attached hydrogens (tertiary/aromatic N) is 4. The van der Waals surface area contributed by atoms with Crippen LogP contribution in [0.3, 0.4) is 0 Å². The van der Waals surface area contributed by atoms with Crippen molar-refractivity contribution in [3.63, 3.8) is 0 Å². The van der Waals surface area contributed by atoms with Crippen LogP contribution >= 0.6 is 0 Å². The highest BCUT2D eigenvalue weighted by atomic mass is 15.0. The first-order valence-corrected chi connectivity index (χ1v) is 19.0. The molecule has 56 heavy (non-hydrogen) atoms. The van der Waals surface area contributed by atoms with Gasteiger partial charge in [0.1, 0.15) is 0 Å². The Labute approximate surface area is 324 Å². The average Bonchev–Trinajstić information content (AvgIpc) is 3.78. The predicted octanol–water partition coefficient (Wildman–Crippen LogP) is 13.3. The third-order valence-corrected chi connectivity index (χ3v) is 10.9. The molecule has 11 aromatic rings. The smallest absolute Gasteiger partial charge is 0.160 e. The minimum Gasteiger partial charge on any atom is -0.309 e. The standard InChI is InChI=1S/C52H34N4/c1-4-15-35(16-5-1)39-21-14-22-41(31-39)56-49-26-13-11-24-43(49)45-32-44-42-23-10-12-25-48(42)55(50(44)34-51(45)56)40-29-27-37(28-30-40)47-33-46(36-17-6-2-7-18-36)53-52(54-47)38-19-8-3-9-20-38/h1-34H. The molecule has 3 heterocycles. The first-order chi connectivity index (χ1) is 27.8. The van der Waals surface area contributed by atoms with Crippen molar-refractivity contribution in [1.82, 2.24) is 19.1 Å². The fraction of sp³-hybridized carbons (Fsp3) is 0. The molecule has 0 aliphatic rings. The van der Waals surface area contributed by atoms with Crippen molar-refractivity contribution < 1.29 is 0 Å². The number of para-hydroxylation sites is 2. The lowest BCUT2D eigenvalue weighted by Crippen LogP contribution is -1.97. The van der Waals surface area contributed by atoms with Gasteiger partial charge in [0.25, 0.3) is 0 Å². The van der Waals surface area contributed by atoms with Crippen LogP contribution in [-0.4, -0.2) is 19.1 Å². The van der Waals surface area contributed by atoms with Gasteiger partial charge in [-0.1, -0.05) is 152 Å². The Morgan fingerprint density at radius 2 is 0.750 bits per heavy atom. The van der Waals surface area contributed by atoms with E-state index in [0.29, 0.717) is 5.82 Å². The maximum absolute atomic E-state index is 5.09. The van der Waals surface area contributed by atoms with Crippen LogP contribution in [-0.2, 0) is 0 Å². The lowest BCUT2D eigenvalue weighted by molar-refractivity contribution is 1.16. The molecule has 0 aliphatic carbocycles. The normalized spacial score (nSPS) is 11.6. The highest BCUT2D eigenvalue weighted by Gasteiger charge is 2.19. The van der Waals surface area contributed by atoms with Gasteiger partial charge in [0.15, 0.2) is 5.82 Å². The van der Waals surface area contributed by atoms with Gasteiger partial charge >= 0.3 is 0 Å². The monoisotopic (exact) mass is 714 g/mol. The van der Waals surface area contributed by atoms with Gasteiger partial charge in [0.2, 0.25) is 0 Å². The summed E-state index contributed by atoms with van der Waals surface area (Å²) in [5.41, 5.74) is 14.2. The van der Waals surface area contributed by atoms with E-state index < -0.39 is 0 Å². The Balaban J connectivity index is 1.09. The highest BCUT2D eigenvalue weighted by Crippen LogP contribution is 2.40. The molecule has 0 radical (unpaired) electrons. The maximum Gasteiger partial charge on any atom is 0.160 e. The van der Waals surface area contributed by atoms with E-state index in [1.54, 1.807) is 0 Å². The van der Waals surface area contributed by atoms with E-state index >= 15 is 0 Å². The van der Waals surface area contributed by atoms with Crippen LogP contribution in [0.1, 0.15) is 0 Å². The SMILES string of the molecule is c1ccc(-c2cccc(-n3c4ccccc4c4cc5c6ccccc6n(-c6ccc(-c7cc(-c8ccccc8)nc(-c8ccccc8)n7)cc6)c5cc43)c2)cc1. The third-order valence-electron chi connectivity index (χ3n) is 10.9. The molecule has 11 rings (SSSR count). The van der Waals surface area contributed by atoms with E-state index in [0.717, 1.165) is 45.0 Å². The number of hydrogen-bond donors (Lipinski definition) is 0. The molecule has 262 valence electrons. The van der Waals surface area contributed by atoms with Crippen LogP contribution in [0.2, 0.25) is 0 Å². The molecule has 0 atom stereocenters. The lowest BCUT2D eigenvalue weighted by Gasteiger charge is -2.12. The van der Waals surface area contributed by atoms with E-state index in [1.807, 2.05) is 24.3 Å². The second kappa shape index (κ2) is 13.1. The van der Waals surface area contributed by atoms with Crippen LogP contribution in [0.15, 0.2) is 206 Å².